The second kappa shape index (κ2) is 10.1. The van der Waals surface area contributed by atoms with Crippen LogP contribution in [0.15, 0.2) is 29.3 Å². The maximum atomic E-state index is 5.96. The van der Waals surface area contributed by atoms with Gasteiger partial charge in [-0.2, -0.15) is 0 Å². The molecule has 1 aromatic carbocycles. The van der Waals surface area contributed by atoms with Gasteiger partial charge in [-0.15, -0.1) is 0 Å². The van der Waals surface area contributed by atoms with Gasteiger partial charge in [0.25, 0.3) is 0 Å². The smallest absolute Gasteiger partial charge is 0.191 e. The van der Waals surface area contributed by atoms with E-state index in [0.717, 1.165) is 29.9 Å². The summed E-state index contributed by atoms with van der Waals surface area (Å²) in [5.74, 6) is 3.05. The number of piperidine rings is 1. The van der Waals surface area contributed by atoms with Gasteiger partial charge in [0.1, 0.15) is 6.10 Å². The molecule has 0 bridgehead atoms. The molecule has 2 rings (SSSR count). The highest BCUT2D eigenvalue weighted by Crippen LogP contribution is 2.26. The Morgan fingerprint density at radius 2 is 1.92 bits per heavy atom. The normalized spacial score (nSPS) is 17.8. The van der Waals surface area contributed by atoms with E-state index < -0.39 is 0 Å². The molecule has 1 atom stereocenters. The Kier molecular flexibility index (Phi) is 7.85. The van der Waals surface area contributed by atoms with Crippen molar-refractivity contribution in [1.29, 1.82) is 0 Å². The molecule has 1 aliphatic heterocycles. The van der Waals surface area contributed by atoms with Crippen molar-refractivity contribution in [3.8, 4) is 11.5 Å². The van der Waals surface area contributed by atoms with Gasteiger partial charge in [0.15, 0.2) is 17.5 Å². The van der Waals surface area contributed by atoms with Gasteiger partial charge in [-0.1, -0.05) is 12.1 Å². The van der Waals surface area contributed by atoms with Gasteiger partial charge in [-0.05, 0) is 58.0 Å². The molecule has 2 N–H and O–H groups in total. The third-order valence-corrected chi connectivity index (χ3v) is 4.57. The quantitative estimate of drug-likeness (QED) is 0.583. The molecular formula is C19H32N4O2. The summed E-state index contributed by atoms with van der Waals surface area (Å²) in [5, 5.41) is 6.77. The van der Waals surface area contributed by atoms with Crippen LogP contribution in [0.25, 0.3) is 0 Å². The second-order valence-corrected chi connectivity index (χ2v) is 6.66. The first kappa shape index (κ1) is 19.4. The van der Waals surface area contributed by atoms with Crippen LogP contribution in [0.1, 0.15) is 19.8 Å². The Morgan fingerprint density at radius 3 is 2.56 bits per heavy atom. The minimum Gasteiger partial charge on any atom is -0.493 e. The molecule has 0 radical (unpaired) electrons. The molecule has 1 saturated heterocycles. The number of likely N-dealkylation sites (tertiary alicyclic amines) is 1. The Labute approximate surface area is 151 Å². The monoisotopic (exact) mass is 348 g/mol. The molecule has 0 amide bonds. The number of methoxy groups -OCH3 is 1. The molecule has 0 spiro atoms. The molecule has 0 aromatic heterocycles. The lowest BCUT2D eigenvalue weighted by Crippen LogP contribution is -2.44. The van der Waals surface area contributed by atoms with Crippen LogP contribution in [0.5, 0.6) is 11.5 Å². The van der Waals surface area contributed by atoms with Crippen LogP contribution in [0.4, 0.5) is 0 Å². The van der Waals surface area contributed by atoms with Crippen LogP contribution in [0.2, 0.25) is 0 Å². The summed E-state index contributed by atoms with van der Waals surface area (Å²) in [6.07, 6.45) is 2.49. The minimum atomic E-state index is -0.00169. The number of nitrogens with zero attached hydrogens (tertiary/aromatic N) is 2. The molecule has 1 heterocycles. The lowest BCUT2D eigenvalue weighted by atomic mass is 9.97. The molecular weight excluding hydrogens is 316 g/mol. The molecule has 25 heavy (non-hydrogen) atoms. The van der Waals surface area contributed by atoms with Gasteiger partial charge in [0.05, 0.1) is 13.7 Å². The topological polar surface area (TPSA) is 58.1 Å². The zero-order valence-corrected chi connectivity index (χ0v) is 15.9. The second-order valence-electron chi connectivity index (χ2n) is 6.66. The van der Waals surface area contributed by atoms with Crippen molar-refractivity contribution in [3.63, 3.8) is 0 Å². The van der Waals surface area contributed by atoms with E-state index in [-0.39, 0.29) is 6.10 Å². The third-order valence-electron chi connectivity index (χ3n) is 4.57. The first-order chi connectivity index (χ1) is 12.1. The van der Waals surface area contributed by atoms with E-state index in [0.29, 0.717) is 6.54 Å². The first-order valence-electron chi connectivity index (χ1n) is 9.05. The number of benzene rings is 1. The lowest BCUT2D eigenvalue weighted by Gasteiger charge is -2.29. The van der Waals surface area contributed by atoms with Crippen molar-refractivity contribution in [1.82, 2.24) is 15.5 Å². The number of hydrogen-bond donors (Lipinski definition) is 2. The summed E-state index contributed by atoms with van der Waals surface area (Å²) in [7, 11) is 5.64. The van der Waals surface area contributed by atoms with E-state index in [2.05, 4.69) is 27.6 Å². The van der Waals surface area contributed by atoms with Crippen LogP contribution >= 0.6 is 0 Å². The highest BCUT2D eigenvalue weighted by atomic mass is 16.5. The van der Waals surface area contributed by atoms with Crippen molar-refractivity contribution in [3.05, 3.63) is 24.3 Å². The molecule has 0 aliphatic carbocycles. The van der Waals surface area contributed by atoms with Crippen LogP contribution < -0.4 is 20.1 Å². The lowest BCUT2D eigenvalue weighted by molar-refractivity contribution is 0.212. The van der Waals surface area contributed by atoms with E-state index in [4.69, 9.17) is 9.47 Å². The van der Waals surface area contributed by atoms with Crippen molar-refractivity contribution in [2.24, 2.45) is 10.9 Å². The average molecular weight is 348 g/mol. The summed E-state index contributed by atoms with van der Waals surface area (Å²) < 4.78 is 11.3. The van der Waals surface area contributed by atoms with Crippen LogP contribution in [0, 0.1) is 5.92 Å². The SMILES string of the molecule is CN=C(NCC1CCN(C)CC1)NCC(C)Oc1ccccc1OC. The largest absolute Gasteiger partial charge is 0.493 e. The van der Waals surface area contributed by atoms with Crippen LogP contribution in [-0.4, -0.2) is 64.3 Å². The van der Waals surface area contributed by atoms with Gasteiger partial charge in [0, 0.05) is 13.6 Å². The van der Waals surface area contributed by atoms with Gasteiger partial charge in [-0.3, -0.25) is 4.99 Å². The number of nitrogens with one attached hydrogen (secondary N) is 2. The van der Waals surface area contributed by atoms with Crippen LogP contribution in [0.3, 0.4) is 0 Å². The van der Waals surface area contributed by atoms with Crippen molar-refractivity contribution in [2.75, 3.05) is 47.4 Å². The number of hydrogen-bond acceptors (Lipinski definition) is 4. The Bertz CT molecular complexity index is 542. The van der Waals surface area contributed by atoms with Gasteiger partial charge < -0.3 is 25.0 Å². The van der Waals surface area contributed by atoms with E-state index in [1.165, 1.54) is 25.9 Å². The molecule has 1 aromatic rings. The molecule has 140 valence electrons. The Morgan fingerprint density at radius 1 is 1.24 bits per heavy atom. The summed E-state index contributed by atoms with van der Waals surface area (Å²) in [6.45, 7) is 6.04. The number of rotatable bonds is 7. The number of guanidine groups is 1. The van der Waals surface area contributed by atoms with Gasteiger partial charge in [-0.25, -0.2) is 0 Å². The zero-order chi connectivity index (χ0) is 18.1. The maximum absolute atomic E-state index is 5.96. The number of ether oxygens (including phenoxy) is 2. The number of para-hydroxylation sites is 2. The van der Waals surface area contributed by atoms with E-state index >= 15 is 0 Å². The summed E-state index contributed by atoms with van der Waals surface area (Å²) >= 11 is 0. The van der Waals surface area contributed by atoms with Crippen molar-refractivity contribution < 1.29 is 9.47 Å². The van der Waals surface area contributed by atoms with E-state index in [1.807, 2.05) is 31.2 Å². The zero-order valence-electron chi connectivity index (χ0n) is 15.9. The first-order valence-corrected chi connectivity index (χ1v) is 9.05. The third kappa shape index (κ3) is 6.46. The minimum absolute atomic E-state index is 0.00169. The summed E-state index contributed by atoms with van der Waals surface area (Å²) in [6, 6.07) is 7.70. The highest BCUT2D eigenvalue weighted by molar-refractivity contribution is 5.79. The molecule has 1 unspecified atom stereocenters. The highest BCUT2D eigenvalue weighted by Gasteiger charge is 2.17. The predicted octanol–water partition coefficient (Wildman–Crippen LogP) is 1.97. The molecule has 6 heteroatoms. The maximum Gasteiger partial charge on any atom is 0.191 e. The Hall–Kier alpha value is -1.95. The van der Waals surface area contributed by atoms with Crippen molar-refractivity contribution >= 4 is 5.96 Å². The van der Waals surface area contributed by atoms with Gasteiger partial charge >= 0.3 is 0 Å². The van der Waals surface area contributed by atoms with E-state index in [1.54, 1.807) is 14.2 Å². The standard InChI is InChI=1S/C19H32N4O2/c1-15(25-18-8-6-5-7-17(18)24-4)13-21-19(20-2)22-14-16-9-11-23(3)12-10-16/h5-8,15-16H,9-14H2,1-4H3,(H2,20,21,22). The molecule has 1 aliphatic rings. The number of aliphatic imine (C=N–C) groups is 1. The van der Waals surface area contributed by atoms with Crippen molar-refractivity contribution in [2.45, 2.75) is 25.9 Å². The fourth-order valence-electron chi connectivity index (χ4n) is 2.94. The summed E-state index contributed by atoms with van der Waals surface area (Å²) in [5.41, 5.74) is 0. The summed E-state index contributed by atoms with van der Waals surface area (Å²) in [4.78, 5) is 6.69. The Balaban J connectivity index is 1.72. The fourth-order valence-corrected chi connectivity index (χ4v) is 2.94. The fraction of sp³-hybridized carbons (Fsp3) is 0.632. The van der Waals surface area contributed by atoms with Crippen LogP contribution in [-0.2, 0) is 0 Å². The predicted molar refractivity (Wildman–Crippen MR) is 103 cm³/mol. The molecule has 6 nitrogen and oxygen atoms in total. The molecule has 0 saturated carbocycles. The average Bonchev–Trinajstić information content (AvgIpc) is 2.63. The van der Waals surface area contributed by atoms with Gasteiger partial charge in [0.2, 0.25) is 0 Å². The molecule has 1 fully saturated rings. The van der Waals surface area contributed by atoms with E-state index in [9.17, 15) is 0 Å².